The fourth-order valence-corrected chi connectivity index (χ4v) is 15.2. The van der Waals surface area contributed by atoms with Crippen molar-refractivity contribution in [2.45, 2.75) is 216 Å². The fraction of sp³-hybridized carbons (Fsp3) is 0.314. The smallest absolute Gasteiger partial charge is 0.252 e. The summed E-state index contributed by atoms with van der Waals surface area (Å²) in [6, 6.07) is 21.3. The molecule has 4 aliphatic rings. The van der Waals surface area contributed by atoms with Crippen molar-refractivity contribution >= 4 is 132 Å². The summed E-state index contributed by atoms with van der Waals surface area (Å²) >= 11 is 0. The summed E-state index contributed by atoms with van der Waals surface area (Å²) in [4.78, 5) is 8.12. The van der Waals surface area contributed by atoms with E-state index in [0.29, 0.717) is 11.4 Å². The molecule has 0 unspecified atom stereocenters. The van der Waals surface area contributed by atoms with Crippen molar-refractivity contribution in [3.05, 3.63) is 304 Å². The van der Waals surface area contributed by atoms with Gasteiger partial charge < -0.3 is 24.5 Å². The first-order valence-electron chi connectivity index (χ1n) is 51.9. The number of hydrogen-bond acceptors (Lipinski definition) is 5. The van der Waals surface area contributed by atoms with Crippen LogP contribution in [0.5, 0.6) is 0 Å². The molecule has 0 radical (unpaired) electrons. The van der Waals surface area contributed by atoms with Gasteiger partial charge >= 0.3 is 0 Å². The molecule has 0 saturated heterocycles. The first-order chi connectivity index (χ1) is 63.4. The van der Waals surface area contributed by atoms with E-state index in [9.17, 15) is 27.4 Å². The van der Waals surface area contributed by atoms with Crippen LogP contribution >= 0.6 is 0 Å². The van der Waals surface area contributed by atoms with Gasteiger partial charge in [-0.15, -0.1) is 0 Å². The van der Waals surface area contributed by atoms with Crippen LogP contribution in [0.2, 0.25) is 0 Å². The van der Waals surface area contributed by atoms with Crippen molar-refractivity contribution in [1.29, 1.82) is 0 Å². The Hall–Kier alpha value is -10.2. The Bertz CT molecular complexity index is 6690. The standard InChI is InChI=1S/C58H62BN3.C47H55BN2/c1-55(2,3)39-23-29-45(30-24-39)61-50-33-27-41(57(7,8)9)35-48(50)59-49-36-42(58(10,11)12)28-34-51(49)62(46-31-25-40(26-32-46)56(4,5)6)53-38-47(37-52(61)54(53)59)60(43-19-15-13-16-20-43)44-21-17-14-18-22-44;1-30-26-41-43-42(27-30)50(36-22-16-32(17-23-36)45(5,6)7)40-25-19-34(47(11,12)13)29-38(40)48(43)37-28-33(46(8,9)10)18-24-39(37)49(41)35-20-14-31(15-21-35)44(2,3)4/h13-38H,1-12H3;14-29H,1-13H3/i13D,14D,15D,16D,17D,18D,19D,20D,21D,22D;14D,15D,16D,17D,18D,19D,20D,21D,22D,23D,24D,25D,26D,27D,28D,29D. The molecule has 0 amide bonds. The average molecular weight is 1500 g/mol. The Morgan fingerprint density at radius 1 is 0.241 bits per heavy atom. The molecular weight excluding hydrogens is 1350 g/mol. The summed E-state index contributed by atoms with van der Waals surface area (Å²) in [5.74, 6) is 0. The lowest BCUT2D eigenvalue weighted by Crippen LogP contribution is -2.61. The molecule has 0 saturated carbocycles. The van der Waals surface area contributed by atoms with Gasteiger partial charge in [0.1, 0.15) is 0 Å². The third-order valence-corrected chi connectivity index (χ3v) is 21.6. The minimum Gasteiger partial charge on any atom is -0.311 e. The second-order valence-electron chi connectivity index (χ2n) is 38.5. The molecule has 0 fully saturated rings. The van der Waals surface area contributed by atoms with Crippen LogP contribution in [0.25, 0.3) is 0 Å². The number of fused-ring (bicyclic) bond motifs is 8. The van der Waals surface area contributed by atoms with Crippen molar-refractivity contribution in [2.75, 3.05) is 24.5 Å². The lowest BCUT2D eigenvalue weighted by Gasteiger charge is -2.45. The number of rotatable bonds is 7. The molecule has 112 heavy (non-hydrogen) atoms. The Labute approximate surface area is 709 Å². The van der Waals surface area contributed by atoms with Crippen LogP contribution in [0.1, 0.15) is 252 Å². The van der Waals surface area contributed by atoms with Gasteiger partial charge in [-0.05, 0) is 254 Å². The molecule has 0 spiro atoms. The second-order valence-corrected chi connectivity index (χ2v) is 38.5. The van der Waals surface area contributed by atoms with E-state index in [-0.39, 0.29) is 149 Å². The van der Waals surface area contributed by atoms with Gasteiger partial charge in [-0.3, -0.25) is 0 Å². The maximum absolute atomic E-state index is 10.1. The molecule has 0 aromatic heterocycles. The van der Waals surface area contributed by atoms with Crippen molar-refractivity contribution in [2.24, 2.45) is 0 Å². The summed E-state index contributed by atoms with van der Waals surface area (Å²) in [5.41, 5.74) is 6.51. The topological polar surface area (TPSA) is 16.2 Å². The van der Waals surface area contributed by atoms with Crippen LogP contribution in [-0.2, 0) is 43.3 Å². The third-order valence-electron chi connectivity index (χ3n) is 21.6. The molecule has 0 N–H and O–H groups in total. The number of nitrogens with zero attached hydrogens (tertiary/aromatic N) is 5. The van der Waals surface area contributed by atoms with E-state index in [4.69, 9.17) is 8.22 Å². The summed E-state index contributed by atoms with van der Waals surface area (Å²) < 4.78 is 245. The van der Waals surface area contributed by atoms with E-state index >= 15 is 0 Å². The third kappa shape index (κ3) is 14.2. The van der Waals surface area contributed by atoms with Crippen LogP contribution in [0.15, 0.2) is 254 Å². The summed E-state index contributed by atoms with van der Waals surface area (Å²) in [5, 5.41) is 0. The minimum absolute atomic E-state index is 0.0138. The molecule has 16 rings (SSSR count). The van der Waals surface area contributed by atoms with Gasteiger partial charge in [-0.2, -0.15) is 0 Å². The second kappa shape index (κ2) is 27.6. The summed E-state index contributed by atoms with van der Waals surface area (Å²) in [7, 11) is 0. The van der Waals surface area contributed by atoms with E-state index in [1.165, 1.54) is 21.6 Å². The van der Waals surface area contributed by atoms with E-state index in [1.807, 2.05) is 12.1 Å². The number of benzene rings is 12. The Kier molecular flexibility index (Phi) is 12.7. The molecule has 7 heteroatoms. The van der Waals surface area contributed by atoms with Crippen LogP contribution in [0, 0.1) is 6.92 Å². The van der Waals surface area contributed by atoms with Crippen molar-refractivity contribution in [3.63, 3.8) is 0 Å². The first kappa shape index (κ1) is 51.4. The van der Waals surface area contributed by atoms with Crippen molar-refractivity contribution < 1.29 is 35.6 Å². The SMILES string of the molecule is [2H]c1c([2H])c(C(C)(C)C)c([2H])c([2H])c1N1c2c([2H])c([2H])c(C(C)(C)C)c([2H])c2B2c3c([2H])c(C(C)(C)C)c([2H])c([2H])c3N(c3c([2H])c([2H])c(C(C)(C)C)c([2H])c3[2H])c3c([2H])c(C)c([2H])c1c32.[2H]c1c([2H])c([2H])c(N(c2cc3c4c(c2)N(c2ccc(C(C)(C)C)cc2)c2ccc(C(C)(C)C)cc2B4c2cc(C(C)(C)C)ccc2N3c2ccc(C(C)(C)C)cc2)c2c([2H])c([2H])c([2H])c([2H])c2[2H])c([2H])c1[2H]. The Balaban J connectivity index is 0.000000210. The van der Waals surface area contributed by atoms with Crippen LogP contribution < -0.4 is 57.3 Å². The molecular formula is C105H117B2N5. The molecule has 0 atom stereocenters. The van der Waals surface area contributed by atoms with Crippen LogP contribution in [-0.4, -0.2) is 13.4 Å². The summed E-state index contributed by atoms with van der Waals surface area (Å²) in [6.07, 6.45) is 0. The highest BCUT2D eigenvalue weighted by Gasteiger charge is 2.47. The van der Waals surface area contributed by atoms with Crippen molar-refractivity contribution in [1.82, 2.24) is 0 Å². The number of para-hydroxylation sites is 2. The zero-order valence-electron chi connectivity index (χ0n) is 95.6. The average Bonchev–Trinajstić information content (AvgIpc) is 0.651. The molecule has 4 heterocycles. The minimum atomic E-state index is -1.43. The predicted molar refractivity (Wildman–Crippen MR) is 490 cm³/mol. The Morgan fingerprint density at radius 3 is 0.866 bits per heavy atom. The predicted octanol–water partition coefficient (Wildman–Crippen LogP) is 25.7. The molecule has 5 nitrogen and oxygen atoms in total. The molecule has 12 aromatic rings. The highest BCUT2D eigenvalue weighted by molar-refractivity contribution is 7.01. The van der Waals surface area contributed by atoms with E-state index < -0.39 is 161 Å². The first-order valence-corrected chi connectivity index (χ1v) is 38.9. The Morgan fingerprint density at radius 2 is 0.536 bits per heavy atom. The van der Waals surface area contributed by atoms with Gasteiger partial charge in [-0.1, -0.05) is 299 Å². The van der Waals surface area contributed by atoms with Crippen LogP contribution in [0.3, 0.4) is 0 Å². The van der Waals surface area contributed by atoms with Gasteiger partial charge in [0.15, 0.2) is 0 Å². The van der Waals surface area contributed by atoms with Gasteiger partial charge in [0.25, 0.3) is 13.4 Å². The lowest BCUT2D eigenvalue weighted by molar-refractivity contribution is 0.590. The van der Waals surface area contributed by atoms with E-state index in [0.717, 1.165) is 61.4 Å². The zero-order chi connectivity index (χ0) is 103. The largest absolute Gasteiger partial charge is 0.311 e. The summed E-state index contributed by atoms with van der Waals surface area (Å²) in [6.45, 7) is 47.2. The molecule has 12 aromatic carbocycles. The number of anilines is 15. The fourth-order valence-electron chi connectivity index (χ4n) is 15.2. The maximum Gasteiger partial charge on any atom is 0.252 e. The quantitative estimate of drug-likeness (QED) is 0.147. The van der Waals surface area contributed by atoms with Crippen LogP contribution in [0.4, 0.5) is 85.3 Å². The van der Waals surface area contributed by atoms with Gasteiger partial charge in [-0.25, -0.2) is 0 Å². The van der Waals surface area contributed by atoms with Crippen molar-refractivity contribution in [3.8, 4) is 0 Å². The highest BCUT2D eigenvalue weighted by atomic mass is 15.2. The molecule has 568 valence electrons. The van der Waals surface area contributed by atoms with E-state index in [2.05, 4.69) is 178 Å². The molecule has 0 aliphatic carbocycles. The lowest BCUT2D eigenvalue weighted by atomic mass is 9.33. The molecule has 0 bridgehead atoms. The number of hydrogen-bond donors (Lipinski definition) is 0. The molecule has 4 aliphatic heterocycles. The van der Waals surface area contributed by atoms with Gasteiger partial charge in [0, 0.05) is 79.6 Å². The maximum atomic E-state index is 10.1. The van der Waals surface area contributed by atoms with E-state index in [1.54, 1.807) is 83.1 Å². The van der Waals surface area contributed by atoms with Gasteiger partial charge in [0.2, 0.25) is 0 Å². The highest BCUT2D eigenvalue weighted by Crippen LogP contribution is 2.51. The monoisotopic (exact) mass is 1500 g/mol. The normalized spacial score (nSPS) is 17.3. The van der Waals surface area contributed by atoms with Gasteiger partial charge in [0.05, 0.1) is 41.3 Å². The zero-order valence-corrected chi connectivity index (χ0v) is 69.6.